The molecule has 0 saturated carbocycles. The molecule has 0 amide bonds. The van der Waals surface area contributed by atoms with Gasteiger partial charge in [0.2, 0.25) is 0 Å². The zero-order chi connectivity index (χ0) is 12.1. The summed E-state index contributed by atoms with van der Waals surface area (Å²) in [4.78, 5) is 1.60. The highest BCUT2D eigenvalue weighted by atomic mass is 19.1. The Morgan fingerprint density at radius 2 is 1.81 bits per heavy atom. The van der Waals surface area contributed by atoms with E-state index in [-0.39, 0.29) is 5.69 Å². The lowest BCUT2D eigenvalue weighted by atomic mass is 10.1. The summed E-state index contributed by atoms with van der Waals surface area (Å²) in [6.45, 7) is 3.08. The van der Waals surface area contributed by atoms with E-state index < -0.39 is 11.6 Å². The van der Waals surface area contributed by atoms with Crippen molar-refractivity contribution >= 4 is 5.69 Å². The molecule has 4 heteroatoms. The van der Waals surface area contributed by atoms with Crippen molar-refractivity contribution in [2.75, 3.05) is 25.5 Å². The molecule has 1 aromatic rings. The number of hydrogen-bond donors (Lipinski definition) is 1. The van der Waals surface area contributed by atoms with Gasteiger partial charge in [-0.2, -0.15) is 0 Å². The fourth-order valence-electron chi connectivity index (χ4n) is 1.74. The first kappa shape index (κ1) is 12.9. The smallest absolute Gasteiger partial charge is 0.149 e. The van der Waals surface area contributed by atoms with E-state index in [0.29, 0.717) is 18.7 Å². The van der Waals surface area contributed by atoms with E-state index in [4.69, 9.17) is 0 Å². The molecular formula is C12H18F2N2. The topological polar surface area (TPSA) is 15.3 Å². The van der Waals surface area contributed by atoms with Gasteiger partial charge in [-0.1, -0.05) is 6.92 Å². The second kappa shape index (κ2) is 5.80. The molecule has 0 heterocycles. The van der Waals surface area contributed by atoms with Gasteiger partial charge in [-0.3, -0.25) is 0 Å². The summed E-state index contributed by atoms with van der Waals surface area (Å²) in [7, 11) is 3.44. The second-order valence-electron chi connectivity index (χ2n) is 3.86. The Bertz CT molecular complexity index is 330. The van der Waals surface area contributed by atoms with Crippen LogP contribution >= 0.6 is 0 Å². The summed E-state index contributed by atoms with van der Waals surface area (Å²) >= 11 is 0. The molecule has 0 aromatic heterocycles. The van der Waals surface area contributed by atoms with Gasteiger partial charge in [0.1, 0.15) is 17.3 Å². The molecule has 0 spiro atoms. The van der Waals surface area contributed by atoms with Crippen molar-refractivity contribution in [2.45, 2.75) is 19.9 Å². The van der Waals surface area contributed by atoms with Crippen molar-refractivity contribution in [1.29, 1.82) is 0 Å². The van der Waals surface area contributed by atoms with Gasteiger partial charge >= 0.3 is 0 Å². The molecule has 0 aliphatic rings. The Morgan fingerprint density at radius 3 is 2.25 bits per heavy atom. The van der Waals surface area contributed by atoms with Crippen LogP contribution in [0.3, 0.4) is 0 Å². The van der Waals surface area contributed by atoms with E-state index in [1.807, 2.05) is 6.92 Å². The molecule has 0 radical (unpaired) electrons. The number of nitrogens with zero attached hydrogens (tertiary/aromatic N) is 1. The number of anilines is 1. The first-order valence-corrected chi connectivity index (χ1v) is 5.43. The molecule has 0 fully saturated rings. The first-order chi connectivity index (χ1) is 7.60. The van der Waals surface area contributed by atoms with Gasteiger partial charge in [0, 0.05) is 20.1 Å². The maximum atomic E-state index is 13.7. The summed E-state index contributed by atoms with van der Waals surface area (Å²) in [5.74, 6) is -0.998. The number of benzene rings is 1. The lowest BCUT2D eigenvalue weighted by Crippen LogP contribution is -2.21. The maximum Gasteiger partial charge on any atom is 0.149 e. The van der Waals surface area contributed by atoms with Crippen molar-refractivity contribution in [1.82, 2.24) is 5.32 Å². The molecule has 16 heavy (non-hydrogen) atoms. The fraction of sp³-hybridized carbons (Fsp3) is 0.500. The largest absolute Gasteiger partial charge is 0.370 e. The van der Waals surface area contributed by atoms with E-state index in [1.165, 1.54) is 12.1 Å². The van der Waals surface area contributed by atoms with Gasteiger partial charge in [0.15, 0.2) is 0 Å². The van der Waals surface area contributed by atoms with Crippen LogP contribution < -0.4 is 10.2 Å². The van der Waals surface area contributed by atoms with Crippen LogP contribution in [0, 0.1) is 11.6 Å². The highest BCUT2D eigenvalue weighted by molar-refractivity contribution is 5.50. The molecule has 0 aliphatic carbocycles. The minimum atomic E-state index is -0.499. The third kappa shape index (κ3) is 2.92. The van der Waals surface area contributed by atoms with Gasteiger partial charge in [-0.25, -0.2) is 8.78 Å². The average molecular weight is 228 g/mol. The SMILES string of the molecule is CCCN(C)c1c(F)cc(CNC)cc1F. The molecule has 2 nitrogen and oxygen atoms in total. The van der Waals surface area contributed by atoms with Gasteiger partial charge in [-0.05, 0) is 31.2 Å². The zero-order valence-electron chi connectivity index (χ0n) is 9.98. The van der Waals surface area contributed by atoms with Crippen LogP contribution in [0.15, 0.2) is 12.1 Å². The normalized spacial score (nSPS) is 10.6. The molecule has 1 rings (SSSR count). The number of nitrogens with one attached hydrogen (secondary N) is 1. The first-order valence-electron chi connectivity index (χ1n) is 5.43. The van der Waals surface area contributed by atoms with E-state index in [9.17, 15) is 8.78 Å². The van der Waals surface area contributed by atoms with E-state index in [1.54, 1.807) is 19.0 Å². The lowest BCUT2D eigenvalue weighted by Gasteiger charge is -2.20. The Hall–Kier alpha value is -1.16. The molecule has 0 unspecified atom stereocenters. The van der Waals surface area contributed by atoms with Crippen LogP contribution in [0.4, 0.5) is 14.5 Å². The Labute approximate surface area is 95.3 Å². The summed E-state index contributed by atoms with van der Waals surface area (Å²) < 4.78 is 27.4. The summed E-state index contributed by atoms with van der Waals surface area (Å²) in [6, 6.07) is 2.75. The van der Waals surface area contributed by atoms with Gasteiger partial charge in [-0.15, -0.1) is 0 Å². The quantitative estimate of drug-likeness (QED) is 0.833. The molecule has 0 saturated heterocycles. The van der Waals surface area contributed by atoms with E-state index in [2.05, 4.69) is 5.32 Å². The number of rotatable bonds is 5. The summed E-state index contributed by atoms with van der Waals surface area (Å²) in [5, 5.41) is 2.87. The lowest BCUT2D eigenvalue weighted by molar-refractivity contribution is 0.571. The zero-order valence-corrected chi connectivity index (χ0v) is 9.98. The summed E-state index contributed by atoms with van der Waals surface area (Å²) in [6.07, 6.45) is 0.855. The molecule has 0 atom stereocenters. The third-order valence-electron chi connectivity index (χ3n) is 2.40. The third-order valence-corrected chi connectivity index (χ3v) is 2.40. The van der Waals surface area contributed by atoms with Crippen LogP contribution in [-0.4, -0.2) is 20.6 Å². The van der Waals surface area contributed by atoms with Crippen LogP contribution in [0.2, 0.25) is 0 Å². The number of hydrogen-bond acceptors (Lipinski definition) is 2. The van der Waals surface area contributed by atoms with Crippen LogP contribution in [0.25, 0.3) is 0 Å². The standard InChI is InChI=1S/C12H18F2N2/c1-4-5-16(3)12-10(13)6-9(8-15-2)7-11(12)14/h6-7,15H,4-5,8H2,1-3H3. The van der Waals surface area contributed by atoms with Crippen molar-refractivity contribution < 1.29 is 8.78 Å². The van der Waals surface area contributed by atoms with E-state index in [0.717, 1.165) is 6.42 Å². The minimum Gasteiger partial charge on any atom is -0.370 e. The highest BCUT2D eigenvalue weighted by Gasteiger charge is 2.14. The highest BCUT2D eigenvalue weighted by Crippen LogP contribution is 2.24. The van der Waals surface area contributed by atoms with Crippen LogP contribution in [0.1, 0.15) is 18.9 Å². The molecule has 0 bridgehead atoms. The molecule has 1 aromatic carbocycles. The Balaban J connectivity index is 3.02. The maximum absolute atomic E-state index is 13.7. The van der Waals surface area contributed by atoms with E-state index >= 15 is 0 Å². The monoisotopic (exact) mass is 228 g/mol. The molecule has 90 valence electrons. The Kier molecular flexibility index (Phi) is 4.68. The fourth-order valence-corrected chi connectivity index (χ4v) is 1.74. The van der Waals surface area contributed by atoms with Crippen molar-refractivity contribution in [3.8, 4) is 0 Å². The molecular weight excluding hydrogens is 210 g/mol. The van der Waals surface area contributed by atoms with Crippen LogP contribution in [-0.2, 0) is 6.54 Å². The number of halogens is 2. The van der Waals surface area contributed by atoms with Crippen molar-refractivity contribution in [3.05, 3.63) is 29.3 Å². The minimum absolute atomic E-state index is 0.0571. The second-order valence-corrected chi connectivity index (χ2v) is 3.86. The Morgan fingerprint density at radius 1 is 1.25 bits per heavy atom. The van der Waals surface area contributed by atoms with Gasteiger partial charge in [0.05, 0.1) is 0 Å². The van der Waals surface area contributed by atoms with Gasteiger partial charge < -0.3 is 10.2 Å². The van der Waals surface area contributed by atoms with Crippen molar-refractivity contribution in [3.63, 3.8) is 0 Å². The van der Waals surface area contributed by atoms with Crippen LogP contribution in [0.5, 0.6) is 0 Å². The summed E-state index contributed by atoms with van der Waals surface area (Å²) in [5.41, 5.74) is 0.674. The van der Waals surface area contributed by atoms with Gasteiger partial charge in [0.25, 0.3) is 0 Å². The molecule has 1 N–H and O–H groups in total. The predicted octanol–water partition coefficient (Wildman–Crippen LogP) is 2.53. The van der Waals surface area contributed by atoms with Crippen molar-refractivity contribution in [2.24, 2.45) is 0 Å². The molecule has 0 aliphatic heterocycles. The predicted molar refractivity (Wildman–Crippen MR) is 62.7 cm³/mol. The average Bonchev–Trinajstić information content (AvgIpc) is 2.17.